The Kier molecular flexibility index (Phi) is 4.66. The quantitative estimate of drug-likeness (QED) is 0.606. The van der Waals surface area contributed by atoms with Crippen LogP contribution in [-0.4, -0.2) is 55.5 Å². The molecule has 0 aromatic rings. The number of aliphatic hydroxyl groups excluding tert-OH is 1. The molecule has 0 aliphatic carbocycles. The van der Waals surface area contributed by atoms with Crippen molar-refractivity contribution in [3.8, 4) is 0 Å². The predicted octanol–water partition coefficient (Wildman–Crippen LogP) is -0.583. The molecule has 1 fully saturated rings. The van der Waals surface area contributed by atoms with Crippen LogP contribution in [0.2, 0.25) is 0 Å². The fourth-order valence-corrected chi connectivity index (χ4v) is 1.67. The first-order valence-electron chi connectivity index (χ1n) is 4.89. The fourth-order valence-electron chi connectivity index (χ4n) is 1.67. The first kappa shape index (κ1) is 10.9. The molecule has 0 spiro atoms. The minimum absolute atomic E-state index is 0.0515. The van der Waals surface area contributed by atoms with Crippen LogP contribution >= 0.6 is 0 Å². The van der Waals surface area contributed by atoms with Gasteiger partial charge in [0.15, 0.2) is 0 Å². The summed E-state index contributed by atoms with van der Waals surface area (Å²) in [5.41, 5.74) is 5.62. The molecule has 1 heterocycles. The molecule has 3 N–H and O–H groups in total. The molecule has 78 valence electrons. The Balaban J connectivity index is 2.12. The van der Waals surface area contributed by atoms with Gasteiger partial charge in [-0.15, -0.1) is 0 Å². The molecule has 1 saturated heterocycles. The summed E-state index contributed by atoms with van der Waals surface area (Å²) in [6, 6.07) is -0.133. The third kappa shape index (κ3) is 4.04. The molecule has 0 bridgehead atoms. The van der Waals surface area contributed by atoms with Crippen LogP contribution in [0, 0.1) is 0 Å². The number of hydrogen-bond acceptors (Lipinski definition) is 4. The lowest BCUT2D eigenvalue weighted by Gasteiger charge is -2.22. The van der Waals surface area contributed by atoms with E-state index in [0.29, 0.717) is 6.10 Å². The van der Waals surface area contributed by atoms with Gasteiger partial charge in [0.1, 0.15) is 0 Å². The van der Waals surface area contributed by atoms with E-state index in [1.54, 1.807) is 0 Å². The molecule has 13 heavy (non-hydrogen) atoms. The molecule has 0 amide bonds. The molecule has 4 heteroatoms. The van der Waals surface area contributed by atoms with Crippen molar-refractivity contribution >= 4 is 0 Å². The highest BCUT2D eigenvalue weighted by Crippen LogP contribution is 2.12. The van der Waals surface area contributed by atoms with Crippen molar-refractivity contribution in [2.75, 3.05) is 33.4 Å². The van der Waals surface area contributed by atoms with E-state index in [2.05, 4.69) is 4.90 Å². The third-order valence-electron chi connectivity index (χ3n) is 2.32. The van der Waals surface area contributed by atoms with Crippen molar-refractivity contribution in [3.05, 3.63) is 0 Å². The maximum Gasteiger partial charge on any atom is 0.0702 e. The van der Waals surface area contributed by atoms with Gasteiger partial charge in [-0.1, -0.05) is 0 Å². The van der Waals surface area contributed by atoms with Gasteiger partial charge >= 0.3 is 0 Å². The minimum atomic E-state index is -0.133. The summed E-state index contributed by atoms with van der Waals surface area (Å²) >= 11 is 0. The van der Waals surface area contributed by atoms with E-state index in [9.17, 15) is 0 Å². The lowest BCUT2D eigenvalue weighted by Crippen LogP contribution is -2.40. The smallest absolute Gasteiger partial charge is 0.0702 e. The van der Waals surface area contributed by atoms with Crippen molar-refractivity contribution < 1.29 is 9.84 Å². The Hall–Kier alpha value is -0.160. The average molecular weight is 188 g/mol. The van der Waals surface area contributed by atoms with Gasteiger partial charge in [0.2, 0.25) is 0 Å². The summed E-state index contributed by atoms with van der Waals surface area (Å²) in [6.45, 7) is 2.60. The van der Waals surface area contributed by atoms with Gasteiger partial charge in [-0.05, 0) is 19.9 Å². The highest BCUT2D eigenvalue weighted by molar-refractivity contribution is 4.71. The maximum atomic E-state index is 8.76. The number of nitrogens with zero attached hydrogens (tertiary/aromatic N) is 1. The molecule has 1 rings (SSSR count). The van der Waals surface area contributed by atoms with Gasteiger partial charge in [-0.2, -0.15) is 0 Å². The van der Waals surface area contributed by atoms with Crippen LogP contribution in [0.5, 0.6) is 0 Å². The van der Waals surface area contributed by atoms with E-state index >= 15 is 0 Å². The van der Waals surface area contributed by atoms with E-state index in [4.69, 9.17) is 15.6 Å². The molecule has 0 aromatic carbocycles. The van der Waals surface area contributed by atoms with Crippen molar-refractivity contribution in [1.29, 1.82) is 0 Å². The summed E-state index contributed by atoms with van der Waals surface area (Å²) in [4.78, 5) is 2.12. The van der Waals surface area contributed by atoms with Crippen molar-refractivity contribution in [2.45, 2.75) is 25.0 Å². The zero-order valence-electron chi connectivity index (χ0n) is 8.28. The minimum Gasteiger partial charge on any atom is -0.395 e. The van der Waals surface area contributed by atoms with Crippen LogP contribution in [0.15, 0.2) is 0 Å². The maximum absolute atomic E-state index is 8.76. The Morgan fingerprint density at radius 3 is 3.00 bits per heavy atom. The van der Waals surface area contributed by atoms with E-state index in [1.807, 2.05) is 7.05 Å². The van der Waals surface area contributed by atoms with E-state index in [1.165, 1.54) is 6.42 Å². The summed E-state index contributed by atoms with van der Waals surface area (Å²) in [5, 5.41) is 8.76. The Bertz CT molecular complexity index is 138. The normalized spacial score (nSPS) is 25.4. The summed E-state index contributed by atoms with van der Waals surface area (Å²) < 4.78 is 5.49. The fraction of sp³-hybridized carbons (Fsp3) is 1.00. The van der Waals surface area contributed by atoms with E-state index in [-0.39, 0.29) is 12.6 Å². The largest absolute Gasteiger partial charge is 0.395 e. The molecule has 1 aliphatic rings. The van der Waals surface area contributed by atoms with Crippen LogP contribution in [0.3, 0.4) is 0 Å². The lowest BCUT2D eigenvalue weighted by atomic mass is 10.2. The van der Waals surface area contributed by atoms with Gasteiger partial charge in [0.25, 0.3) is 0 Å². The molecular weight excluding hydrogens is 168 g/mol. The zero-order valence-corrected chi connectivity index (χ0v) is 8.28. The van der Waals surface area contributed by atoms with Crippen molar-refractivity contribution in [3.63, 3.8) is 0 Å². The SMILES string of the molecule is CN(CC(N)CO)CC1CCCO1. The molecule has 2 unspecified atom stereocenters. The predicted molar refractivity (Wildman–Crippen MR) is 51.5 cm³/mol. The van der Waals surface area contributed by atoms with Crippen molar-refractivity contribution in [1.82, 2.24) is 4.90 Å². The third-order valence-corrected chi connectivity index (χ3v) is 2.32. The second-order valence-electron chi connectivity index (χ2n) is 3.80. The summed E-state index contributed by atoms with van der Waals surface area (Å²) in [7, 11) is 2.01. The second kappa shape index (κ2) is 5.54. The average Bonchev–Trinajstić information content (AvgIpc) is 2.56. The highest BCUT2D eigenvalue weighted by atomic mass is 16.5. The Labute approximate surface area is 79.7 Å². The molecule has 4 nitrogen and oxygen atoms in total. The number of aliphatic hydroxyl groups is 1. The summed E-state index contributed by atoms with van der Waals surface area (Å²) in [6.07, 6.45) is 2.69. The Morgan fingerprint density at radius 1 is 1.69 bits per heavy atom. The van der Waals surface area contributed by atoms with Crippen LogP contribution in [0.25, 0.3) is 0 Å². The second-order valence-corrected chi connectivity index (χ2v) is 3.80. The van der Waals surface area contributed by atoms with Gasteiger partial charge < -0.3 is 20.5 Å². The van der Waals surface area contributed by atoms with E-state index in [0.717, 1.165) is 26.1 Å². The molecule has 0 radical (unpaired) electrons. The standard InChI is InChI=1S/C9H20N2O2/c1-11(5-8(10)7-12)6-9-3-2-4-13-9/h8-9,12H,2-7,10H2,1H3. The lowest BCUT2D eigenvalue weighted by molar-refractivity contribution is 0.0772. The molecule has 2 atom stereocenters. The monoisotopic (exact) mass is 188 g/mol. The topological polar surface area (TPSA) is 58.7 Å². The van der Waals surface area contributed by atoms with Crippen LogP contribution in [0.1, 0.15) is 12.8 Å². The molecular formula is C9H20N2O2. The number of likely N-dealkylation sites (N-methyl/N-ethyl adjacent to an activating group) is 1. The van der Waals surface area contributed by atoms with E-state index < -0.39 is 0 Å². The van der Waals surface area contributed by atoms with Gasteiger partial charge in [-0.25, -0.2) is 0 Å². The van der Waals surface area contributed by atoms with Crippen LogP contribution < -0.4 is 5.73 Å². The number of hydrogen-bond donors (Lipinski definition) is 2. The molecule has 0 saturated carbocycles. The molecule has 0 aromatic heterocycles. The number of rotatable bonds is 5. The highest BCUT2D eigenvalue weighted by Gasteiger charge is 2.17. The van der Waals surface area contributed by atoms with Crippen LogP contribution in [0.4, 0.5) is 0 Å². The van der Waals surface area contributed by atoms with Gasteiger partial charge in [0.05, 0.1) is 12.7 Å². The Morgan fingerprint density at radius 2 is 2.46 bits per heavy atom. The first-order chi connectivity index (χ1) is 6.22. The number of ether oxygens (including phenoxy) is 1. The van der Waals surface area contributed by atoms with Gasteiger partial charge in [-0.3, -0.25) is 0 Å². The summed E-state index contributed by atoms with van der Waals surface area (Å²) in [5.74, 6) is 0. The van der Waals surface area contributed by atoms with Crippen LogP contribution in [-0.2, 0) is 4.74 Å². The van der Waals surface area contributed by atoms with Gasteiger partial charge in [0, 0.05) is 25.7 Å². The first-order valence-corrected chi connectivity index (χ1v) is 4.89. The van der Waals surface area contributed by atoms with Crippen molar-refractivity contribution in [2.24, 2.45) is 5.73 Å². The molecule has 1 aliphatic heterocycles. The zero-order chi connectivity index (χ0) is 9.68. The number of nitrogens with two attached hydrogens (primary N) is 1.